The van der Waals surface area contributed by atoms with Gasteiger partial charge in [-0.1, -0.05) is 48.5 Å². The number of fused-ring (bicyclic) bond motifs is 1. The van der Waals surface area contributed by atoms with Crippen LogP contribution in [0.25, 0.3) is 22.2 Å². The molecule has 6 heteroatoms. The third kappa shape index (κ3) is 5.49. The zero-order valence-electron chi connectivity index (χ0n) is 22.0. The standard InChI is InChI=1S/C32H31N5O/c1-20(2)33-25-16-12-23(13-17-25)30-27-10-5-6-11-28(27)35-32(37-30)34-26-18-14-24(15-19-26)31(38)36-29-21(3)8-7-9-22(29)4/h5-20,33H,1-4H3,(H,36,38)(H,34,35,37). The Kier molecular flexibility index (Phi) is 7.05. The summed E-state index contributed by atoms with van der Waals surface area (Å²) in [6.07, 6.45) is 0. The maximum absolute atomic E-state index is 12.9. The SMILES string of the molecule is Cc1cccc(C)c1NC(=O)c1ccc(Nc2nc(-c3ccc(NC(C)C)cc3)c3ccccc3n2)cc1. The number of amides is 1. The first-order chi connectivity index (χ1) is 18.4. The number of nitrogens with zero attached hydrogens (tertiary/aromatic N) is 2. The van der Waals surface area contributed by atoms with E-state index in [1.807, 2.05) is 68.4 Å². The molecule has 0 fully saturated rings. The maximum Gasteiger partial charge on any atom is 0.255 e. The van der Waals surface area contributed by atoms with E-state index in [1.54, 1.807) is 12.1 Å². The monoisotopic (exact) mass is 501 g/mol. The Balaban J connectivity index is 1.39. The number of para-hydroxylation sites is 2. The molecule has 3 N–H and O–H groups in total. The van der Waals surface area contributed by atoms with Crippen LogP contribution in [0.4, 0.5) is 23.0 Å². The lowest BCUT2D eigenvalue weighted by atomic mass is 10.1. The van der Waals surface area contributed by atoms with Crippen LogP contribution in [-0.2, 0) is 0 Å². The van der Waals surface area contributed by atoms with Crippen molar-refractivity contribution in [2.24, 2.45) is 0 Å². The van der Waals surface area contributed by atoms with E-state index in [2.05, 4.69) is 54.1 Å². The second kappa shape index (κ2) is 10.7. The molecule has 0 aliphatic carbocycles. The lowest BCUT2D eigenvalue weighted by Gasteiger charge is -2.13. The molecule has 0 unspecified atom stereocenters. The molecule has 190 valence electrons. The van der Waals surface area contributed by atoms with Gasteiger partial charge in [-0.05, 0) is 81.3 Å². The first-order valence-electron chi connectivity index (χ1n) is 12.8. The van der Waals surface area contributed by atoms with Crippen molar-refractivity contribution in [3.05, 3.63) is 108 Å². The van der Waals surface area contributed by atoms with Crippen molar-refractivity contribution in [2.45, 2.75) is 33.7 Å². The summed E-state index contributed by atoms with van der Waals surface area (Å²) in [4.78, 5) is 22.5. The van der Waals surface area contributed by atoms with E-state index in [0.717, 1.165) is 50.3 Å². The summed E-state index contributed by atoms with van der Waals surface area (Å²) in [7, 11) is 0. The normalized spacial score (nSPS) is 11.0. The highest BCUT2D eigenvalue weighted by Crippen LogP contribution is 2.29. The van der Waals surface area contributed by atoms with Crippen LogP contribution in [0.5, 0.6) is 0 Å². The Morgan fingerprint density at radius 1 is 0.737 bits per heavy atom. The number of carbonyl (C=O) groups excluding carboxylic acids is 1. The first kappa shape index (κ1) is 25.0. The second-order valence-corrected chi connectivity index (χ2v) is 9.71. The topological polar surface area (TPSA) is 78.9 Å². The van der Waals surface area contributed by atoms with E-state index in [-0.39, 0.29) is 5.91 Å². The number of hydrogen-bond donors (Lipinski definition) is 3. The molecular formula is C32H31N5O. The zero-order chi connectivity index (χ0) is 26.6. The van der Waals surface area contributed by atoms with Gasteiger partial charge in [-0.3, -0.25) is 4.79 Å². The number of aromatic nitrogens is 2. The molecule has 4 aromatic carbocycles. The van der Waals surface area contributed by atoms with Crippen molar-refractivity contribution >= 4 is 39.8 Å². The minimum atomic E-state index is -0.145. The predicted molar refractivity (Wildman–Crippen MR) is 157 cm³/mol. The molecule has 0 aliphatic heterocycles. The molecule has 0 aliphatic rings. The van der Waals surface area contributed by atoms with Crippen LogP contribution >= 0.6 is 0 Å². The summed E-state index contributed by atoms with van der Waals surface area (Å²) in [5, 5.41) is 10.8. The summed E-state index contributed by atoms with van der Waals surface area (Å²) in [6.45, 7) is 8.22. The van der Waals surface area contributed by atoms with Crippen molar-refractivity contribution < 1.29 is 4.79 Å². The molecule has 5 aromatic rings. The Hall–Kier alpha value is -4.71. The van der Waals surface area contributed by atoms with Crippen LogP contribution in [0, 0.1) is 13.8 Å². The van der Waals surface area contributed by atoms with E-state index in [4.69, 9.17) is 9.97 Å². The smallest absolute Gasteiger partial charge is 0.255 e. The lowest BCUT2D eigenvalue weighted by Crippen LogP contribution is -2.13. The van der Waals surface area contributed by atoms with Gasteiger partial charge >= 0.3 is 0 Å². The van der Waals surface area contributed by atoms with E-state index in [1.165, 1.54) is 0 Å². The number of rotatable bonds is 7. The molecule has 0 bridgehead atoms. The number of nitrogens with one attached hydrogen (secondary N) is 3. The minimum absolute atomic E-state index is 0.145. The lowest BCUT2D eigenvalue weighted by molar-refractivity contribution is 0.102. The van der Waals surface area contributed by atoms with Crippen LogP contribution in [0.15, 0.2) is 91.0 Å². The van der Waals surface area contributed by atoms with Crippen LogP contribution in [0.3, 0.4) is 0 Å². The highest BCUT2D eigenvalue weighted by atomic mass is 16.1. The molecule has 1 amide bonds. The Morgan fingerprint density at radius 2 is 1.39 bits per heavy atom. The Labute approximate surface area is 223 Å². The van der Waals surface area contributed by atoms with Gasteiger partial charge in [0.05, 0.1) is 11.2 Å². The minimum Gasteiger partial charge on any atom is -0.383 e. The summed E-state index contributed by atoms with van der Waals surface area (Å²) in [6, 6.07) is 30.0. The van der Waals surface area contributed by atoms with E-state index < -0.39 is 0 Å². The van der Waals surface area contributed by atoms with Gasteiger partial charge in [-0.25, -0.2) is 9.97 Å². The van der Waals surface area contributed by atoms with Crippen molar-refractivity contribution in [1.29, 1.82) is 0 Å². The zero-order valence-corrected chi connectivity index (χ0v) is 22.0. The number of aryl methyl sites for hydroxylation is 2. The molecule has 1 heterocycles. The van der Waals surface area contributed by atoms with Gasteiger partial charge in [-0.15, -0.1) is 0 Å². The highest BCUT2D eigenvalue weighted by Gasteiger charge is 2.12. The molecule has 0 spiro atoms. The van der Waals surface area contributed by atoms with Crippen LogP contribution < -0.4 is 16.0 Å². The average molecular weight is 502 g/mol. The van der Waals surface area contributed by atoms with E-state index in [0.29, 0.717) is 17.6 Å². The van der Waals surface area contributed by atoms with Crippen LogP contribution in [0.1, 0.15) is 35.3 Å². The van der Waals surface area contributed by atoms with Crippen LogP contribution in [0.2, 0.25) is 0 Å². The van der Waals surface area contributed by atoms with Crippen molar-refractivity contribution in [2.75, 3.05) is 16.0 Å². The summed E-state index contributed by atoms with van der Waals surface area (Å²) < 4.78 is 0. The molecule has 0 atom stereocenters. The molecule has 38 heavy (non-hydrogen) atoms. The van der Waals surface area contributed by atoms with Gasteiger partial charge in [0.2, 0.25) is 5.95 Å². The molecular weight excluding hydrogens is 470 g/mol. The molecule has 1 aromatic heterocycles. The maximum atomic E-state index is 12.9. The quantitative estimate of drug-likeness (QED) is 0.213. The molecule has 0 saturated heterocycles. The fourth-order valence-electron chi connectivity index (χ4n) is 4.44. The van der Waals surface area contributed by atoms with Crippen molar-refractivity contribution in [3.63, 3.8) is 0 Å². The van der Waals surface area contributed by atoms with Gasteiger partial charge in [0, 0.05) is 39.6 Å². The average Bonchev–Trinajstić information content (AvgIpc) is 2.91. The molecule has 0 radical (unpaired) electrons. The van der Waals surface area contributed by atoms with E-state index >= 15 is 0 Å². The van der Waals surface area contributed by atoms with Gasteiger partial charge in [0.15, 0.2) is 0 Å². The molecule has 6 nitrogen and oxygen atoms in total. The summed E-state index contributed by atoms with van der Waals surface area (Å²) in [5.41, 5.74) is 8.09. The Bertz CT molecular complexity index is 1570. The molecule has 5 rings (SSSR count). The van der Waals surface area contributed by atoms with Gasteiger partial charge in [0.25, 0.3) is 5.91 Å². The highest BCUT2D eigenvalue weighted by molar-refractivity contribution is 6.05. The number of anilines is 4. The number of hydrogen-bond acceptors (Lipinski definition) is 5. The Morgan fingerprint density at radius 3 is 2.08 bits per heavy atom. The van der Waals surface area contributed by atoms with Gasteiger partial charge < -0.3 is 16.0 Å². The third-order valence-electron chi connectivity index (χ3n) is 6.34. The number of benzene rings is 4. The van der Waals surface area contributed by atoms with Crippen molar-refractivity contribution in [3.8, 4) is 11.3 Å². The number of carbonyl (C=O) groups is 1. The molecule has 0 saturated carbocycles. The predicted octanol–water partition coefficient (Wildman–Crippen LogP) is 7.73. The van der Waals surface area contributed by atoms with Gasteiger partial charge in [0.1, 0.15) is 0 Å². The van der Waals surface area contributed by atoms with Gasteiger partial charge in [-0.2, -0.15) is 0 Å². The summed E-state index contributed by atoms with van der Waals surface area (Å²) >= 11 is 0. The fraction of sp³-hybridized carbons (Fsp3) is 0.156. The van der Waals surface area contributed by atoms with Crippen molar-refractivity contribution in [1.82, 2.24) is 9.97 Å². The van der Waals surface area contributed by atoms with Crippen LogP contribution in [-0.4, -0.2) is 21.9 Å². The summed E-state index contributed by atoms with van der Waals surface area (Å²) in [5.74, 6) is 0.351. The first-order valence-corrected chi connectivity index (χ1v) is 12.8. The van der Waals surface area contributed by atoms with E-state index in [9.17, 15) is 4.79 Å². The largest absolute Gasteiger partial charge is 0.383 e. The second-order valence-electron chi connectivity index (χ2n) is 9.71. The third-order valence-corrected chi connectivity index (χ3v) is 6.34. The fourth-order valence-corrected chi connectivity index (χ4v) is 4.44.